The Kier molecular flexibility index (Phi) is 4.40. The lowest BCUT2D eigenvalue weighted by Crippen LogP contribution is -2.29. The van der Waals surface area contributed by atoms with Crippen LogP contribution in [0.2, 0.25) is 0 Å². The first kappa shape index (κ1) is 12.4. The number of nitrogens with two attached hydrogens (primary N) is 1. The Morgan fingerprint density at radius 3 is 2.59 bits per heavy atom. The van der Waals surface area contributed by atoms with E-state index in [1.807, 2.05) is 12.1 Å². The van der Waals surface area contributed by atoms with Gasteiger partial charge in [0.2, 0.25) is 0 Å². The molecule has 94 valence electrons. The lowest BCUT2D eigenvalue weighted by molar-refractivity contribution is 0.112. The van der Waals surface area contributed by atoms with E-state index in [1.54, 1.807) is 7.11 Å². The normalized spacial score (nSPS) is 16.8. The maximum absolute atomic E-state index is 6.03. The lowest BCUT2D eigenvalue weighted by Gasteiger charge is -2.12. The van der Waals surface area contributed by atoms with Crippen molar-refractivity contribution >= 4 is 0 Å². The van der Waals surface area contributed by atoms with Crippen molar-refractivity contribution in [2.75, 3.05) is 20.3 Å². The van der Waals surface area contributed by atoms with Gasteiger partial charge in [0.15, 0.2) is 0 Å². The summed E-state index contributed by atoms with van der Waals surface area (Å²) in [5, 5.41) is 0. The molecule has 1 fully saturated rings. The van der Waals surface area contributed by atoms with Crippen LogP contribution in [0, 0.1) is 5.92 Å². The van der Waals surface area contributed by atoms with Gasteiger partial charge < -0.3 is 15.2 Å². The number of methoxy groups -OCH3 is 1. The molecule has 0 aromatic heterocycles. The Hall–Kier alpha value is -1.06. The molecule has 0 saturated heterocycles. The second-order valence-electron chi connectivity index (χ2n) is 4.79. The predicted octanol–water partition coefficient (Wildman–Crippen LogP) is 1.99. The van der Waals surface area contributed by atoms with Crippen LogP contribution >= 0.6 is 0 Å². The molecular formula is C14H21NO2. The van der Waals surface area contributed by atoms with Crippen LogP contribution in [0.5, 0.6) is 5.75 Å². The Balaban J connectivity index is 1.70. The average molecular weight is 235 g/mol. The van der Waals surface area contributed by atoms with Crippen LogP contribution in [0.1, 0.15) is 18.4 Å². The Morgan fingerprint density at radius 2 is 2.00 bits per heavy atom. The van der Waals surface area contributed by atoms with Crippen molar-refractivity contribution in [3.05, 3.63) is 29.8 Å². The van der Waals surface area contributed by atoms with E-state index in [0.717, 1.165) is 24.7 Å². The van der Waals surface area contributed by atoms with Gasteiger partial charge in [-0.2, -0.15) is 0 Å². The van der Waals surface area contributed by atoms with Crippen LogP contribution in [0.15, 0.2) is 24.3 Å². The topological polar surface area (TPSA) is 44.5 Å². The minimum absolute atomic E-state index is 0.0853. The minimum Gasteiger partial charge on any atom is -0.497 e. The molecule has 0 aliphatic heterocycles. The molecule has 0 amide bonds. The summed E-state index contributed by atoms with van der Waals surface area (Å²) in [6.07, 6.45) is 3.51. The van der Waals surface area contributed by atoms with Gasteiger partial charge in [-0.3, -0.25) is 0 Å². The molecule has 1 unspecified atom stereocenters. The van der Waals surface area contributed by atoms with Crippen molar-refractivity contribution < 1.29 is 9.47 Å². The SMILES string of the molecule is COc1ccc(CC(N)COCC2CC2)cc1. The van der Waals surface area contributed by atoms with Gasteiger partial charge in [-0.15, -0.1) is 0 Å². The molecule has 1 aromatic carbocycles. The Labute approximate surface area is 103 Å². The quantitative estimate of drug-likeness (QED) is 0.786. The zero-order valence-electron chi connectivity index (χ0n) is 10.4. The van der Waals surface area contributed by atoms with E-state index in [9.17, 15) is 0 Å². The molecule has 17 heavy (non-hydrogen) atoms. The largest absolute Gasteiger partial charge is 0.497 e. The van der Waals surface area contributed by atoms with Crippen molar-refractivity contribution in [2.24, 2.45) is 11.7 Å². The van der Waals surface area contributed by atoms with Gasteiger partial charge in [0.25, 0.3) is 0 Å². The summed E-state index contributed by atoms with van der Waals surface area (Å²) in [5.74, 6) is 1.69. The highest BCUT2D eigenvalue weighted by Gasteiger charge is 2.21. The van der Waals surface area contributed by atoms with Crippen molar-refractivity contribution in [2.45, 2.75) is 25.3 Å². The lowest BCUT2D eigenvalue weighted by atomic mass is 10.1. The van der Waals surface area contributed by atoms with E-state index in [0.29, 0.717) is 6.61 Å². The van der Waals surface area contributed by atoms with Crippen molar-refractivity contribution in [3.63, 3.8) is 0 Å². The number of ether oxygens (including phenoxy) is 2. The van der Waals surface area contributed by atoms with Crippen LogP contribution in [0.4, 0.5) is 0 Å². The molecular weight excluding hydrogens is 214 g/mol. The summed E-state index contributed by atoms with van der Waals surface area (Å²) in [4.78, 5) is 0. The number of rotatable bonds is 7. The zero-order valence-corrected chi connectivity index (χ0v) is 10.4. The second kappa shape index (κ2) is 6.03. The first-order valence-corrected chi connectivity index (χ1v) is 6.24. The molecule has 2 N–H and O–H groups in total. The number of benzene rings is 1. The summed E-state index contributed by atoms with van der Waals surface area (Å²) in [5.41, 5.74) is 7.26. The highest BCUT2D eigenvalue weighted by molar-refractivity contribution is 5.27. The maximum Gasteiger partial charge on any atom is 0.118 e. The molecule has 0 heterocycles. The monoisotopic (exact) mass is 235 g/mol. The summed E-state index contributed by atoms with van der Waals surface area (Å²) < 4.78 is 10.7. The molecule has 0 bridgehead atoms. The van der Waals surface area contributed by atoms with Gasteiger partial charge in [-0.1, -0.05) is 12.1 Å². The molecule has 1 aliphatic carbocycles. The third-order valence-corrected chi connectivity index (χ3v) is 3.04. The molecule has 0 spiro atoms. The summed E-state index contributed by atoms with van der Waals surface area (Å²) >= 11 is 0. The number of hydrogen-bond donors (Lipinski definition) is 1. The first-order chi connectivity index (χ1) is 8.28. The molecule has 3 heteroatoms. The van der Waals surface area contributed by atoms with Gasteiger partial charge >= 0.3 is 0 Å². The highest BCUT2D eigenvalue weighted by atomic mass is 16.5. The van der Waals surface area contributed by atoms with E-state index in [1.165, 1.54) is 18.4 Å². The van der Waals surface area contributed by atoms with Crippen LogP contribution in [0.3, 0.4) is 0 Å². The minimum atomic E-state index is 0.0853. The molecule has 1 saturated carbocycles. The van der Waals surface area contributed by atoms with E-state index in [2.05, 4.69) is 12.1 Å². The van der Waals surface area contributed by atoms with Crippen molar-refractivity contribution in [1.82, 2.24) is 0 Å². The van der Waals surface area contributed by atoms with Gasteiger partial charge in [0.1, 0.15) is 5.75 Å². The molecule has 2 rings (SSSR count). The smallest absolute Gasteiger partial charge is 0.118 e. The Morgan fingerprint density at radius 1 is 1.29 bits per heavy atom. The number of hydrogen-bond acceptors (Lipinski definition) is 3. The fraction of sp³-hybridized carbons (Fsp3) is 0.571. The molecule has 1 atom stereocenters. The van der Waals surface area contributed by atoms with Crippen LogP contribution in [0.25, 0.3) is 0 Å². The summed E-state index contributed by atoms with van der Waals surface area (Å²) in [6.45, 7) is 1.54. The van der Waals surface area contributed by atoms with Gasteiger partial charge in [0, 0.05) is 12.6 Å². The van der Waals surface area contributed by atoms with Crippen LogP contribution in [-0.2, 0) is 11.2 Å². The average Bonchev–Trinajstić information content (AvgIpc) is 3.14. The first-order valence-electron chi connectivity index (χ1n) is 6.24. The second-order valence-corrected chi connectivity index (χ2v) is 4.79. The fourth-order valence-corrected chi connectivity index (χ4v) is 1.79. The van der Waals surface area contributed by atoms with Gasteiger partial charge in [-0.25, -0.2) is 0 Å². The standard InChI is InChI=1S/C14H21NO2/c1-16-14-6-4-11(5-7-14)8-13(15)10-17-9-12-2-3-12/h4-7,12-13H,2-3,8-10,15H2,1H3. The van der Waals surface area contributed by atoms with Crippen molar-refractivity contribution in [3.8, 4) is 5.75 Å². The van der Waals surface area contributed by atoms with E-state index in [-0.39, 0.29) is 6.04 Å². The maximum atomic E-state index is 6.03. The van der Waals surface area contributed by atoms with E-state index < -0.39 is 0 Å². The van der Waals surface area contributed by atoms with Crippen molar-refractivity contribution in [1.29, 1.82) is 0 Å². The van der Waals surface area contributed by atoms with E-state index >= 15 is 0 Å². The highest BCUT2D eigenvalue weighted by Crippen LogP contribution is 2.28. The Bertz CT molecular complexity index is 333. The predicted molar refractivity (Wildman–Crippen MR) is 68.2 cm³/mol. The zero-order chi connectivity index (χ0) is 12.1. The van der Waals surface area contributed by atoms with Gasteiger partial charge in [-0.05, 0) is 42.9 Å². The molecule has 1 aliphatic rings. The van der Waals surface area contributed by atoms with Crippen LogP contribution < -0.4 is 10.5 Å². The third-order valence-electron chi connectivity index (χ3n) is 3.04. The fourth-order valence-electron chi connectivity index (χ4n) is 1.79. The molecule has 0 radical (unpaired) electrons. The molecule has 1 aromatic rings. The third kappa shape index (κ3) is 4.36. The molecule has 3 nitrogen and oxygen atoms in total. The van der Waals surface area contributed by atoms with E-state index in [4.69, 9.17) is 15.2 Å². The summed E-state index contributed by atoms with van der Waals surface area (Å²) in [7, 11) is 1.67. The summed E-state index contributed by atoms with van der Waals surface area (Å²) in [6, 6.07) is 8.13. The van der Waals surface area contributed by atoms with Gasteiger partial charge in [0.05, 0.1) is 13.7 Å². The van der Waals surface area contributed by atoms with Crippen LogP contribution in [-0.4, -0.2) is 26.4 Å².